The van der Waals surface area contributed by atoms with Crippen LogP contribution in [0.3, 0.4) is 0 Å². The maximum atomic E-state index is 11.4. The summed E-state index contributed by atoms with van der Waals surface area (Å²) >= 11 is 6.16. The number of para-hydroxylation sites is 1. The van der Waals surface area contributed by atoms with Crippen molar-refractivity contribution in [1.82, 2.24) is 4.57 Å². The molecular weight excluding hydrogens is 274 g/mol. The maximum Gasteiger partial charge on any atom is 0.352 e. The van der Waals surface area contributed by atoms with E-state index in [0.29, 0.717) is 11.6 Å². The van der Waals surface area contributed by atoms with Crippen molar-refractivity contribution in [2.45, 2.75) is 6.54 Å². The highest BCUT2D eigenvalue weighted by Crippen LogP contribution is 2.23. The molecule has 2 aromatic carbocycles. The number of carbonyl (C=O) groups is 1. The summed E-state index contributed by atoms with van der Waals surface area (Å²) in [5, 5.41) is 10.9. The minimum atomic E-state index is -0.937. The Kier molecular flexibility index (Phi) is 3.20. The lowest BCUT2D eigenvalue weighted by molar-refractivity contribution is 0.0686. The monoisotopic (exact) mass is 285 g/mol. The van der Waals surface area contributed by atoms with Crippen LogP contribution in [0.2, 0.25) is 5.02 Å². The van der Waals surface area contributed by atoms with Crippen LogP contribution in [-0.2, 0) is 6.54 Å². The average molecular weight is 286 g/mol. The van der Waals surface area contributed by atoms with Crippen LogP contribution in [0.15, 0.2) is 54.6 Å². The number of aromatic nitrogens is 1. The van der Waals surface area contributed by atoms with Gasteiger partial charge in [-0.3, -0.25) is 0 Å². The maximum absolute atomic E-state index is 11.4. The van der Waals surface area contributed by atoms with E-state index < -0.39 is 5.97 Å². The summed E-state index contributed by atoms with van der Waals surface area (Å²) in [5.74, 6) is -0.937. The van der Waals surface area contributed by atoms with Gasteiger partial charge in [0, 0.05) is 22.5 Å². The van der Waals surface area contributed by atoms with Crippen molar-refractivity contribution >= 4 is 28.5 Å². The number of carboxylic acids is 1. The molecule has 1 aromatic heterocycles. The fourth-order valence-electron chi connectivity index (χ4n) is 2.35. The van der Waals surface area contributed by atoms with Crippen LogP contribution in [0.5, 0.6) is 0 Å². The standard InChI is InChI=1S/C16H12ClNO2/c17-13-7-3-1-6-12(13)10-18-14-8-4-2-5-11(14)9-15(18)16(19)20/h1-9H,10H2,(H,19,20). The van der Waals surface area contributed by atoms with E-state index in [2.05, 4.69) is 0 Å². The molecule has 0 radical (unpaired) electrons. The van der Waals surface area contributed by atoms with E-state index in [1.807, 2.05) is 48.5 Å². The summed E-state index contributed by atoms with van der Waals surface area (Å²) in [6.45, 7) is 0.439. The first-order valence-corrected chi connectivity index (χ1v) is 6.59. The van der Waals surface area contributed by atoms with Gasteiger partial charge in [-0.05, 0) is 23.8 Å². The van der Waals surface area contributed by atoms with Gasteiger partial charge < -0.3 is 9.67 Å². The predicted octanol–water partition coefficient (Wildman–Crippen LogP) is 4.04. The van der Waals surface area contributed by atoms with Crippen molar-refractivity contribution < 1.29 is 9.90 Å². The molecule has 0 spiro atoms. The summed E-state index contributed by atoms with van der Waals surface area (Å²) in [6, 6.07) is 16.8. The fourth-order valence-corrected chi connectivity index (χ4v) is 2.55. The number of nitrogens with zero attached hydrogens (tertiary/aromatic N) is 1. The Bertz CT molecular complexity index is 792. The minimum Gasteiger partial charge on any atom is -0.477 e. The van der Waals surface area contributed by atoms with E-state index >= 15 is 0 Å². The molecule has 0 fully saturated rings. The van der Waals surface area contributed by atoms with Gasteiger partial charge in [0.05, 0.1) is 0 Å². The van der Waals surface area contributed by atoms with E-state index in [1.54, 1.807) is 10.6 Å². The highest BCUT2D eigenvalue weighted by Gasteiger charge is 2.15. The molecule has 0 saturated carbocycles. The first kappa shape index (κ1) is 12.8. The number of rotatable bonds is 3. The van der Waals surface area contributed by atoms with E-state index in [1.165, 1.54) is 0 Å². The lowest BCUT2D eigenvalue weighted by Gasteiger charge is -2.10. The molecule has 1 heterocycles. The molecule has 0 unspecified atom stereocenters. The van der Waals surface area contributed by atoms with Gasteiger partial charge in [-0.25, -0.2) is 4.79 Å². The van der Waals surface area contributed by atoms with Gasteiger partial charge in [-0.1, -0.05) is 48.0 Å². The number of aromatic carboxylic acids is 1. The second-order valence-electron chi connectivity index (χ2n) is 4.57. The Labute approximate surface area is 121 Å². The van der Waals surface area contributed by atoms with Gasteiger partial charge in [0.25, 0.3) is 0 Å². The summed E-state index contributed by atoms with van der Waals surface area (Å²) in [7, 11) is 0. The van der Waals surface area contributed by atoms with Crippen molar-refractivity contribution in [3.8, 4) is 0 Å². The number of fused-ring (bicyclic) bond motifs is 1. The quantitative estimate of drug-likeness (QED) is 0.789. The third kappa shape index (κ3) is 2.17. The van der Waals surface area contributed by atoms with Gasteiger partial charge in [0.1, 0.15) is 5.69 Å². The summed E-state index contributed by atoms with van der Waals surface area (Å²) in [4.78, 5) is 11.4. The van der Waals surface area contributed by atoms with Crippen molar-refractivity contribution in [2.75, 3.05) is 0 Å². The topological polar surface area (TPSA) is 42.2 Å². The zero-order valence-electron chi connectivity index (χ0n) is 10.6. The molecule has 3 nitrogen and oxygen atoms in total. The van der Waals surface area contributed by atoms with Crippen molar-refractivity contribution in [3.63, 3.8) is 0 Å². The number of carboxylic acid groups (broad SMARTS) is 1. The minimum absolute atomic E-state index is 0.270. The molecule has 3 aromatic rings. The Morgan fingerprint density at radius 3 is 2.55 bits per heavy atom. The molecule has 100 valence electrons. The molecule has 0 atom stereocenters. The number of hydrogen-bond donors (Lipinski definition) is 1. The molecule has 20 heavy (non-hydrogen) atoms. The van der Waals surface area contributed by atoms with Crippen LogP contribution in [0.1, 0.15) is 16.1 Å². The average Bonchev–Trinajstić information content (AvgIpc) is 2.81. The first-order valence-electron chi connectivity index (χ1n) is 6.22. The molecule has 0 saturated heterocycles. The Hall–Kier alpha value is -2.26. The molecule has 0 aliphatic carbocycles. The van der Waals surface area contributed by atoms with E-state index in [9.17, 15) is 9.90 Å². The van der Waals surface area contributed by atoms with Crippen molar-refractivity contribution in [3.05, 3.63) is 70.9 Å². The Morgan fingerprint density at radius 2 is 1.80 bits per heavy atom. The smallest absolute Gasteiger partial charge is 0.352 e. The molecule has 4 heteroatoms. The van der Waals surface area contributed by atoms with Crippen LogP contribution in [0.25, 0.3) is 10.9 Å². The van der Waals surface area contributed by atoms with Crippen LogP contribution in [0, 0.1) is 0 Å². The van der Waals surface area contributed by atoms with E-state index in [0.717, 1.165) is 16.5 Å². The largest absolute Gasteiger partial charge is 0.477 e. The summed E-state index contributed by atoms with van der Waals surface area (Å²) in [5.41, 5.74) is 2.06. The van der Waals surface area contributed by atoms with E-state index in [4.69, 9.17) is 11.6 Å². The van der Waals surface area contributed by atoms with Crippen molar-refractivity contribution in [1.29, 1.82) is 0 Å². The molecule has 0 aliphatic rings. The third-order valence-electron chi connectivity index (χ3n) is 3.32. The molecule has 1 N–H and O–H groups in total. The number of halogens is 1. The summed E-state index contributed by atoms with van der Waals surface area (Å²) < 4.78 is 1.78. The SMILES string of the molecule is O=C(O)c1cc2ccccc2n1Cc1ccccc1Cl. The van der Waals surface area contributed by atoms with Crippen molar-refractivity contribution in [2.24, 2.45) is 0 Å². The van der Waals surface area contributed by atoms with Gasteiger partial charge in [-0.15, -0.1) is 0 Å². The second-order valence-corrected chi connectivity index (χ2v) is 4.98. The van der Waals surface area contributed by atoms with Gasteiger partial charge >= 0.3 is 5.97 Å². The lowest BCUT2D eigenvalue weighted by atomic mass is 10.2. The molecule has 0 amide bonds. The zero-order valence-corrected chi connectivity index (χ0v) is 11.3. The fraction of sp³-hybridized carbons (Fsp3) is 0.0625. The van der Waals surface area contributed by atoms with Crippen LogP contribution in [-0.4, -0.2) is 15.6 Å². The second kappa shape index (κ2) is 5.02. The zero-order chi connectivity index (χ0) is 14.1. The van der Waals surface area contributed by atoms with Gasteiger partial charge in [-0.2, -0.15) is 0 Å². The van der Waals surface area contributed by atoms with Crippen LogP contribution < -0.4 is 0 Å². The predicted molar refractivity (Wildman–Crippen MR) is 79.5 cm³/mol. The molecule has 0 bridgehead atoms. The Balaban J connectivity index is 2.17. The molecule has 0 aliphatic heterocycles. The highest BCUT2D eigenvalue weighted by atomic mass is 35.5. The third-order valence-corrected chi connectivity index (χ3v) is 3.68. The molecular formula is C16H12ClNO2. The van der Waals surface area contributed by atoms with Gasteiger partial charge in [0.15, 0.2) is 0 Å². The van der Waals surface area contributed by atoms with Crippen LogP contribution in [0.4, 0.5) is 0 Å². The normalized spacial score (nSPS) is 10.8. The van der Waals surface area contributed by atoms with Crippen LogP contribution >= 0.6 is 11.6 Å². The number of benzene rings is 2. The first-order chi connectivity index (χ1) is 9.66. The highest BCUT2D eigenvalue weighted by molar-refractivity contribution is 6.31. The Morgan fingerprint density at radius 1 is 1.10 bits per heavy atom. The summed E-state index contributed by atoms with van der Waals surface area (Å²) in [6.07, 6.45) is 0. The van der Waals surface area contributed by atoms with E-state index in [-0.39, 0.29) is 5.69 Å². The van der Waals surface area contributed by atoms with Gasteiger partial charge in [0.2, 0.25) is 0 Å². The molecule has 3 rings (SSSR count). The lowest BCUT2D eigenvalue weighted by Crippen LogP contribution is -2.09. The number of hydrogen-bond acceptors (Lipinski definition) is 1.